The van der Waals surface area contributed by atoms with E-state index in [1.165, 1.54) is 10.5 Å². The Morgan fingerprint density at radius 2 is 2.32 bits per heavy atom. The predicted molar refractivity (Wildman–Crippen MR) is 73.2 cm³/mol. The van der Waals surface area contributed by atoms with E-state index in [2.05, 4.69) is 17.1 Å². The van der Waals surface area contributed by atoms with Crippen molar-refractivity contribution in [2.24, 2.45) is 11.8 Å². The third kappa shape index (κ3) is 2.21. The lowest BCUT2D eigenvalue weighted by Gasteiger charge is -2.13. The number of rotatable bonds is 1. The number of allylic oxidation sites excluding steroid dienone is 1. The molecule has 1 aliphatic carbocycles. The van der Waals surface area contributed by atoms with Gasteiger partial charge in [-0.25, -0.2) is 9.78 Å². The third-order valence-corrected chi connectivity index (χ3v) is 4.44. The van der Waals surface area contributed by atoms with E-state index in [4.69, 9.17) is 16.7 Å². The van der Waals surface area contributed by atoms with Crippen molar-refractivity contribution in [2.45, 2.75) is 13.3 Å². The molecule has 2 aliphatic rings. The molecular weight excluding hydrogens is 264 g/mol. The Morgan fingerprint density at radius 1 is 1.53 bits per heavy atom. The zero-order valence-electron chi connectivity index (χ0n) is 10.6. The van der Waals surface area contributed by atoms with Gasteiger partial charge in [0.2, 0.25) is 0 Å². The van der Waals surface area contributed by atoms with Crippen LogP contribution >= 0.6 is 11.6 Å². The van der Waals surface area contributed by atoms with Gasteiger partial charge >= 0.3 is 6.09 Å². The SMILES string of the molecule is Cc1cc(C2=C[C@H]3CN(C(=O)O)C[C@H]3C2)cnc1Cl. The quantitative estimate of drug-likeness (QED) is 0.803. The van der Waals surface area contributed by atoms with Gasteiger partial charge in [0.1, 0.15) is 5.15 Å². The first-order chi connectivity index (χ1) is 9.04. The molecule has 0 radical (unpaired) electrons. The molecule has 2 atom stereocenters. The molecule has 1 amide bonds. The molecule has 0 aromatic carbocycles. The van der Waals surface area contributed by atoms with Gasteiger partial charge in [0.25, 0.3) is 0 Å². The van der Waals surface area contributed by atoms with Crippen molar-refractivity contribution >= 4 is 23.3 Å². The number of aryl methyl sites for hydroxylation is 1. The molecule has 5 heteroatoms. The number of pyridine rings is 1. The number of likely N-dealkylation sites (tertiary alicyclic amines) is 1. The molecule has 0 unspecified atom stereocenters. The molecule has 3 rings (SSSR count). The van der Waals surface area contributed by atoms with Gasteiger partial charge in [-0.1, -0.05) is 17.7 Å². The minimum absolute atomic E-state index is 0.349. The van der Waals surface area contributed by atoms with E-state index in [0.29, 0.717) is 30.1 Å². The summed E-state index contributed by atoms with van der Waals surface area (Å²) in [6.45, 7) is 3.20. The topological polar surface area (TPSA) is 53.4 Å². The van der Waals surface area contributed by atoms with Crippen LogP contribution in [0.3, 0.4) is 0 Å². The van der Waals surface area contributed by atoms with Gasteiger partial charge in [-0.15, -0.1) is 0 Å². The van der Waals surface area contributed by atoms with Gasteiger partial charge in [0.15, 0.2) is 0 Å². The molecule has 1 N–H and O–H groups in total. The van der Waals surface area contributed by atoms with Gasteiger partial charge in [-0.2, -0.15) is 0 Å². The second-order valence-corrected chi connectivity index (χ2v) is 5.70. The normalized spacial score (nSPS) is 25.4. The molecule has 0 bridgehead atoms. The number of carboxylic acid groups (broad SMARTS) is 1. The summed E-state index contributed by atoms with van der Waals surface area (Å²) in [6.07, 6.45) is 4.13. The number of carbonyl (C=O) groups is 1. The standard InChI is InChI=1S/C14H15ClN2O2/c1-8-2-10(5-16-13(8)15)9-3-11-6-17(14(18)19)7-12(11)4-9/h2-3,5,11-12H,4,6-7H2,1H3,(H,18,19)/t11-,12+/m0/s1. The molecule has 100 valence electrons. The van der Waals surface area contributed by atoms with Crippen molar-refractivity contribution in [3.63, 3.8) is 0 Å². The Bertz CT molecular complexity index is 571. The number of aromatic nitrogens is 1. The highest BCUT2D eigenvalue weighted by Crippen LogP contribution is 2.41. The molecule has 2 heterocycles. The van der Waals surface area contributed by atoms with Gasteiger partial charge in [-0.05, 0) is 47.9 Å². The summed E-state index contributed by atoms with van der Waals surface area (Å²) in [5.74, 6) is 0.768. The van der Waals surface area contributed by atoms with Gasteiger partial charge in [-0.3, -0.25) is 0 Å². The zero-order chi connectivity index (χ0) is 13.6. The van der Waals surface area contributed by atoms with Crippen LogP contribution in [-0.2, 0) is 0 Å². The fourth-order valence-corrected chi connectivity index (χ4v) is 3.12. The third-order valence-electron chi connectivity index (χ3n) is 4.04. The monoisotopic (exact) mass is 278 g/mol. The van der Waals surface area contributed by atoms with Crippen LogP contribution in [-0.4, -0.2) is 34.2 Å². The van der Waals surface area contributed by atoms with Crippen molar-refractivity contribution in [3.05, 3.63) is 34.6 Å². The van der Waals surface area contributed by atoms with Crippen molar-refractivity contribution in [2.75, 3.05) is 13.1 Å². The first kappa shape index (κ1) is 12.5. The highest BCUT2D eigenvalue weighted by atomic mass is 35.5. The smallest absolute Gasteiger partial charge is 0.407 e. The molecule has 1 fully saturated rings. The maximum Gasteiger partial charge on any atom is 0.407 e. The minimum atomic E-state index is -0.812. The van der Waals surface area contributed by atoms with Crippen LogP contribution in [0.4, 0.5) is 4.79 Å². The van der Waals surface area contributed by atoms with Gasteiger partial charge in [0.05, 0.1) is 0 Å². The van der Waals surface area contributed by atoms with E-state index in [1.54, 1.807) is 6.20 Å². The Balaban J connectivity index is 1.80. The van der Waals surface area contributed by atoms with E-state index in [0.717, 1.165) is 17.5 Å². The number of hydrogen-bond donors (Lipinski definition) is 1. The average Bonchev–Trinajstić information content (AvgIpc) is 2.90. The largest absolute Gasteiger partial charge is 0.465 e. The van der Waals surface area contributed by atoms with E-state index < -0.39 is 6.09 Å². The predicted octanol–water partition coefficient (Wildman–Crippen LogP) is 3.06. The van der Waals surface area contributed by atoms with Crippen LogP contribution in [0.1, 0.15) is 17.5 Å². The number of fused-ring (bicyclic) bond motifs is 1. The second kappa shape index (κ2) is 4.53. The summed E-state index contributed by atoms with van der Waals surface area (Å²) in [5, 5.41) is 9.54. The Kier molecular flexibility index (Phi) is 2.97. The summed E-state index contributed by atoms with van der Waals surface area (Å²) >= 11 is 5.93. The zero-order valence-corrected chi connectivity index (χ0v) is 11.4. The van der Waals surface area contributed by atoms with Crippen LogP contribution in [0, 0.1) is 18.8 Å². The molecular formula is C14H15ClN2O2. The highest BCUT2D eigenvalue weighted by molar-refractivity contribution is 6.30. The van der Waals surface area contributed by atoms with Gasteiger partial charge in [0, 0.05) is 19.3 Å². The molecule has 4 nitrogen and oxygen atoms in total. The van der Waals surface area contributed by atoms with Crippen LogP contribution in [0.2, 0.25) is 5.15 Å². The molecule has 19 heavy (non-hydrogen) atoms. The van der Waals surface area contributed by atoms with Crippen molar-refractivity contribution < 1.29 is 9.90 Å². The molecule has 1 aromatic rings. The summed E-state index contributed by atoms with van der Waals surface area (Å²) in [7, 11) is 0. The van der Waals surface area contributed by atoms with Crippen LogP contribution in [0.5, 0.6) is 0 Å². The first-order valence-corrected chi connectivity index (χ1v) is 6.73. The number of amides is 1. The summed E-state index contributed by atoms with van der Waals surface area (Å²) in [5.41, 5.74) is 3.36. The Hall–Kier alpha value is -1.55. The van der Waals surface area contributed by atoms with E-state index in [9.17, 15) is 4.79 Å². The van der Waals surface area contributed by atoms with E-state index >= 15 is 0 Å². The van der Waals surface area contributed by atoms with Crippen LogP contribution in [0.15, 0.2) is 18.3 Å². The fraction of sp³-hybridized carbons (Fsp3) is 0.429. The average molecular weight is 279 g/mol. The molecule has 1 aliphatic heterocycles. The second-order valence-electron chi connectivity index (χ2n) is 5.34. The van der Waals surface area contributed by atoms with Crippen LogP contribution in [0.25, 0.3) is 5.57 Å². The molecule has 0 spiro atoms. The minimum Gasteiger partial charge on any atom is -0.465 e. The maximum atomic E-state index is 10.9. The number of halogens is 1. The number of hydrogen-bond acceptors (Lipinski definition) is 2. The molecule has 1 aromatic heterocycles. The summed E-state index contributed by atoms with van der Waals surface area (Å²) < 4.78 is 0. The van der Waals surface area contributed by atoms with E-state index in [-0.39, 0.29) is 0 Å². The first-order valence-electron chi connectivity index (χ1n) is 6.35. The van der Waals surface area contributed by atoms with Crippen LogP contribution < -0.4 is 0 Å². The maximum absolute atomic E-state index is 10.9. The number of nitrogens with zero attached hydrogens (tertiary/aromatic N) is 2. The Morgan fingerprint density at radius 3 is 2.95 bits per heavy atom. The summed E-state index contributed by atoms with van der Waals surface area (Å²) in [6, 6.07) is 2.05. The van der Waals surface area contributed by atoms with Crippen molar-refractivity contribution in [1.82, 2.24) is 9.88 Å². The van der Waals surface area contributed by atoms with Crippen molar-refractivity contribution in [3.8, 4) is 0 Å². The van der Waals surface area contributed by atoms with Crippen molar-refractivity contribution in [1.29, 1.82) is 0 Å². The Labute approximate surface area is 116 Å². The summed E-state index contributed by atoms with van der Waals surface area (Å²) in [4.78, 5) is 16.6. The molecule has 1 saturated heterocycles. The lowest BCUT2D eigenvalue weighted by molar-refractivity contribution is 0.153. The lowest BCUT2D eigenvalue weighted by atomic mass is 9.98. The molecule has 0 saturated carbocycles. The fourth-order valence-electron chi connectivity index (χ4n) is 3.01. The van der Waals surface area contributed by atoms with E-state index in [1.807, 2.05) is 6.92 Å². The van der Waals surface area contributed by atoms with Gasteiger partial charge < -0.3 is 10.0 Å². The highest BCUT2D eigenvalue weighted by Gasteiger charge is 2.38. The lowest BCUT2D eigenvalue weighted by Crippen LogP contribution is -2.27.